The normalized spacial score (nSPS) is 16.2. The number of hydrogen-bond donors (Lipinski definition) is 1. The highest BCUT2D eigenvalue weighted by molar-refractivity contribution is 5.94. The number of nitrogens with zero attached hydrogens (tertiary/aromatic N) is 3. The van der Waals surface area contributed by atoms with Crippen LogP contribution in [0.4, 0.5) is 5.82 Å². The Morgan fingerprint density at radius 3 is 2.67 bits per heavy atom. The number of carboxylic acid groups (broad SMARTS) is 1. The zero-order chi connectivity index (χ0) is 13.3. The number of carboxylic acids is 1. The van der Waals surface area contributed by atoms with Crippen LogP contribution in [0.15, 0.2) is 0 Å². The van der Waals surface area contributed by atoms with Crippen LogP contribution >= 0.6 is 0 Å². The molecule has 1 saturated carbocycles. The minimum atomic E-state index is -0.895. The van der Waals surface area contributed by atoms with Crippen LogP contribution in [-0.4, -0.2) is 34.4 Å². The van der Waals surface area contributed by atoms with Crippen molar-refractivity contribution in [2.24, 2.45) is 13.0 Å². The molecule has 0 unspecified atom stereocenters. The lowest BCUT2D eigenvalue weighted by atomic mass is 10.1. The average Bonchev–Trinajstić information content (AvgIpc) is 2.85. The lowest BCUT2D eigenvalue weighted by Gasteiger charge is -2.23. The molecule has 2 rings (SSSR count). The zero-order valence-corrected chi connectivity index (χ0v) is 11.3. The Morgan fingerprint density at radius 1 is 1.50 bits per heavy atom. The van der Waals surface area contributed by atoms with Gasteiger partial charge < -0.3 is 10.0 Å². The third kappa shape index (κ3) is 2.35. The maximum Gasteiger partial charge on any atom is 0.341 e. The predicted molar refractivity (Wildman–Crippen MR) is 70.1 cm³/mol. The predicted octanol–water partition coefficient (Wildman–Crippen LogP) is 2.05. The summed E-state index contributed by atoms with van der Waals surface area (Å²) >= 11 is 0. The maximum absolute atomic E-state index is 11.3. The second kappa shape index (κ2) is 5.00. The Morgan fingerprint density at radius 2 is 2.11 bits per heavy atom. The number of carbonyl (C=O) groups is 1. The summed E-state index contributed by atoms with van der Waals surface area (Å²) in [6.45, 7) is 2.66. The molecule has 1 aromatic heterocycles. The molecular formula is C13H21N3O2. The molecule has 0 bridgehead atoms. The smallest absolute Gasteiger partial charge is 0.341 e. The van der Waals surface area contributed by atoms with Crippen molar-refractivity contribution in [3.8, 4) is 0 Å². The summed E-state index contributed by atoms with van der Waals surface area (Å²) in [4.78, 5) is 13.4. The molecule has 1 N–H and O–H groups in total. The fraction of sp³-hybridized carbons (Fsp3) is 0.692. The number of rotatable bonds is 4. The molecule has 1 heterocycles. The van der Waals surface area contributed by atoms with Crippen LogP contribution in [0, 0.1) is 12.8 Å². The second-order valence-corrected chi connectivity index (χ2v) is 5.24. The summed E-state index contributed by atoms with van der Waals surface area (Å²) < 4.78 is 1.67. The van der Waals surface area contributed by atoms with Gasteiger partial charge in [-0.25, -0.2) is 4.79 Å². The van der Waals surface area contributed by atoms with E-state index in [-0.39, 0.29) is 0 Å². The van der Waals surface area contributed by atoms with E-state index in [0.717, 1.165) is 6.54 Å². The largest absolute Gasteiger partial charge is 0.477 e. The summed E-state index contributed by atoms with van der Waals surface area (Å²) in [5, 5.41) is 13.5. The van der Waals surface area contributed by atoms with Crippen molar-refractivity contribution in [2.45, 2.75) is 32.6 Å². The van der Waals surface area contributed by atoms with Gasteiger partial charge in [0.2, 0.25) is 0 Å². The fourth-order valence-corrected chi connectivity index (χ4v) is 3.00. The maximum atomic E-state index is 11.3. The van der Waals surface area contributed by atoms with Crippen molar-refractivity contribution in [3.05, 3.63) is 11.3 Å². The Kier molecular flexibility index (Phi) is 3.59. The molecule has 18 heavy (non-hydrogen) atoms. The first-order valence-corrected chi connectivity index (χ1v) is 6.48. The summed E-state index contributed by atoms with van der Waals surface area (Å²) in [6.07, 6.45) is 5.11. The molecule has 5 heteroatoms. The Bertz CT molecular complexity index is 447. The highest BCUT2D eigenvalue weighted by Gasteiger charge is 2.25. The van der Waals surface area contributed by atoms with Crippen LogP contribution in [0.25, 0.3) is 0 Å². The fourth-order valence-electron chi connectivity index (χ4n) is 3.00. The molecule has 1 aromatic rings. The first kappa shape index (κ1) is 12.9. The zero-order valence-electron chi connectivity index (χ0n) is 11.3. The molecule has 1 aliphatic carbocycles. The Hall–Kier alpha value is -1.52. The first-order valence-electron chi connectivity index (χ1n) is 6.48. The van der Waals surface area contributed by atoms with Gasteiger partial charge in [0, 0.05) is 20.6 Å². The SMILES string of the molecule is Cc1nn(C)c(N(C)CC2CCCC2)c1C(=O)O. The molecule has 0 spiro atoms. The highest BCUT2D eigenvalue weighted by Crippen LogP contribution is 2.28. The van der Waals surface area contributed by atoms with Gasteiger partial charge in [-0.15, -0.1) is 0 Å². The van der Waals surface area contributed by atoms with Gasteiger partial charge in [0.15, 0.2) is 0 Å². The Balaban J connectivity index is 2.23. The number of aromatic nitrogens is 2. The third-order valence-corrected chi connectivity index (χ3v) is 3.77. The minimum absolute atomic E-state index is 0.331. The number of aryl methyl sites for hydroxylation is 2. The van der Waals surface area contributed by atoms with E-state index in [0.29, 0.717) is 23.0 Å². The van der Waals surface area contributed by atoms with Crippen LogP contribution in [0.2, 0.25) is 0 Å². The third-order valence-electron chi connectivity index (χ3n) is 3.77. The van der Waals surface area contributed by atoms with E-state index in [1.54, 1.807) is 18.7 Å². The summed E-state index contributed by atoms with van der Waals surface area (Å²) in [5.74, 6) is 0.507. The lowest BCUT2D eigenvalue weighted by molar-refractivity contribution is 0.0696. The van der Waals surface area contributed by atoms with E-state index >= 15 is 0 Å². The molecular weight excluding hydrogens is 230 g/mol. The molecule has 0 saturated heterocycles. The van der Waals surface area contributed by atoms with Crippen molar-refractivity contribution in [2.75, 3.05) is 18.5 Å². The van der Waals surface area contributed by atoms with Crippen molar-refractivity contribution in [1.29, 1.82) is 0 Å². The van der Waals surface area contributed by atoms with E-state index in [4.69, 9.17) is 0 Å². The van der Waals surface area contributed by atoms with E-state index in [9.17, 15) is 9.90 Å². The van der Waals surface area contributed by atoms with Crippen LogP contribution < -0.4 is 4.90 Å². The van der Waals surface area contributed by atoms with E-state index in [1.165, 1.54) is 25.7 Å². The minimum Gasteiger partial charge on any atom is -0.477 e. The lowest BCUT2D eigenvalue weighted by Crippen LogP contribution is -2.27. The summed E-state index contributed by atoms with van der Waals surface area (Å²) in [6, 6.07) is 0. The quantitative estimate of drug-likeness (QED) is 0.889. The van der Waals surface area contributed by atoms with Gasteiger partial charge >= 0.3 is 5.97 Å². The molecule has 0 atom stereocenters. The van der Waals surface area contributed by atoms with Gasteiger partial charge in [-0.05, 0) is 25.7 Å². The number of anilines is 1. The molecule has 100 valence electrons. The van der Waals surface area contributed by atoms with Crippen molar-refractivity contribution < 1.29 is 9.90 Å². The molecule has 0 radical (unpaired) electrons. The topological polar surface area (TPSA) is 58.4 Å². The monoisotopic (exact) mass is 251 g/mol. The second-order valence-electron chi connectivity index (χ2n) is 5.24. The van der Waals surface area contributed by atoms with Crippen LogP contribution in [0.5, 0.6) is 0 Å². The van der Waals surface area contributed by atoms with Gasteiger partial charge in [-0.3, -0.25) is 4.68 Å². The van der Waals surface area contributed by atoms with Crippen molar-refractivity contribution in [3.63, 3.8) is 0 Å². The number of aromatic carboxylic acids is 1. The van der Waals surface area contributed by atoms with Crippen LogP contribution in [0.3, 0.4) is 0 Å². The molecule has 0 aromatic carbocycles. The van der Waals surface area contributed by atoms with E-state index in [1.807, 2.05) is 11.9 Å². The number of hydrogen-bond acceptors (Lipinski definition) is 3. The average molecular weight is 251 g/mol. The van der Waals surface area contributed by atoms with E-state index < -0.39 is 5.97 Å². The van der Waals surface area contributed by atoms with Gasteiger partial charge in [0.1, 0.15) is 11.4 Å². The van der Waals surface area contributed by atoms with Gasteiger partial charge in [-0.1, -0.05) is 12.8 Å². The van der Waals surface area contributed by atoms with Crippen LogP contribution in [-0.2, 0) is 7.05 Å². The Labute approximate surface area is 107 Å². The summed E-state index contributed by atoms with van der Waals surface area (Å²) in [7, 11) is 3.77. The van der Waals surface area contributed by atoms with Gasteiger partial charge in [0.05, 0.1) is 5.69 Å². The van der Waals surface area contributed by atoms with Crippen molar-refractivity contribution in [1.82, 2.24) is 9.78 Å². The molecule has 1 fully saturated rings. The first-order chi connectivity index (χ1) is 8.50. The van der Waals surface area contributed by atoms with Crippen LogP contribution in [0.1, 0.15) is 41.7 Å². The molecule has 0 amide bonds. The van der Waals surface area contributed by atoms with Crippen molar-refractivity contribution >= 4 is 11.8 Å². The molecule has 5 nitrogen and oxygen atoms in total. The molecule has 0 aliphatic heterocycles. The highest BCUT2D eigenvalue weighted by atomic mass is 16.4. The summed E-state index contributed by atoms with van der Waals surface area (Å²) in [5.41, 5.74) is 0.913. The molecule has 1 aliphatic rings. The van der Waals surface area contributed by atoms with Gasteiger partial charge in [-0.2, -0.15) is 5.10 Å². The van der Waals surface area contributed by atoms with E-state index in [2.05, 4.69) is 5.10 Å². The standard InChI is InChI=1S/C13H21N3O2/c1-9-11(13(17)18)12(16(3)14-9)15(2)8-10-6-4-5-7-10/h10H,4-8H2,1-3H3,(H,17,18). The van der Waals surface area contributed by atoms with Gasteiger partial charge in [0.25, 0.3) is 0 Å².